The molecule has 0 saturated heterocycles. The number of carbonyl (C=O) groups is 2. The maximum absolute atomic E-state index is 13.3. The molecule has 0 aliphatic carbocycles. The van der Waals surface area contributed by atoms with Gasteiger partial charge in [-0.1, -0.05) is 45.0 Å². The molecule has 0 aliphatic rings. The van der Waals surface area contributed by atoms with Crippen molar-refractivity contribution < 1.29 is 24.0 Å². The van der Waals surface area contributed by atoms with Crippen LogP contribution in [-0.4, -0.2) is 17.0 Å². The van der Waals surface area contributed by atoms with Crippen molar-refractivity contribution in [2.75, 3.05) is 0 Å². The van der Waals surface area contributed by atoms with E-state index in [0.29, 0.717) is 22.4 Å². The van der Waals surface area contributed by atoms with Crippen LogP contribution in [0.1, 0.15) is 52.6 Å². The zero-order chi connectivity index (χ0) is 24.3. The van der Waals surface area contributed by atoms with Crippen molar-refractivity contribution >= 4 is 33.7 Å². The number of carboxylic acid groups (broad SMARTS) is 1. The number of carboxylic acids is 1. The third-order valence-electron chi connectivity index (χ3n) is 5.18. The van der Waals surface area contributed by atoms with Crippen molar-refractivity contribution in [3.05, 3.63) is 82.9 Å². The number of benzene rings is 3. The maximum Gasteiger partial charge on any atom is 0.345 e. The van der Waals surface area contributed by atoms with Gasteiger partial charge in [0.1, 0.15) is 12.8 Å². The third-order valence-corrected chi connectivity index (χ3v) is 5.18. The molecule has 1 N–H and O–H groups in total. The normalized spacial score (nSPS) is 10.8. The third kappa shape index (κ3) is 5.03. The van der Waals surface area contributed by atoms with Crippen LogP contribution in [-0.2, 0) is 7.05 Å². The molecule has 170 valence electrons. The van der Waals surface area contributed by atoms with E-state index < -0.39 is 11.9 Å². The van der Waals surface area contributed by atoms with Crippen molar-refractivity contribution in [1.82, 2.24) is 0 Å². The van der Waals surface area contributed by atoms with E-state index in [1.807, 2.05) is 55.6 Å². The minimum absolute atomic E-state index is 0.169. The van der Waals surface area contributed by atoms with Gasteiger partial charge in [0.05, 0.1) is 21.9 Å². The molecule has 3 aromatic carbocycles. The summed E-state index contributed by atoms with van der Waals surface area (Å²) < 4.78 is 7.87. The van der Waals surface area contributed by atoms with Gasteiger partial charge in [-0.3, -0.25) is 0 Å². The van der Waals surface area contributed by atoms with Gasteiger partial charge in [0.15, 0.2) is 0 Å². The van der Waals surface area contributed by atoms with Crippen LogP contribution in [0.5, 0.6) is 5.75 Å². The number of rotatable bonds is 3. The predicted octanol–water partition coefficient (Wildman–Crippen LogP) is 6.01. The summed E-state index contributed by atoms with van der Waals surface area (Å²) in [5, 5.41) is 10.8. The molecule has 33 heavy (non-hydrogen) atoms. The Labute approximate surface area is 194 Å². The Morgan fingerprint density at radius 3 is 1.70 bits per heavy atom. The first kappa shape index (κ1) is 23.9. The van der Waals surface area contributed by atoms with Gasteiger partial charge < -0.3 is 9.84 Å². The smallest absolute Gasteiger partial charge is 0.345 e. The molecule has 0 radical (unpaired) electrons. The lowest BCUT2D eigenvalue weighted by Gasteiger charge is -2.13. The largest absolute Gasteiger partial charge is 0.478 e. The van der Waals surface area contributed by atoms with E-state index in [0.717, 1.165) is 27.7 Å². The highest BCUT2D eigenvalue weighted by Gasteiger charge is 2.24. The molecule has 0 amide bonds. The number of aromatic carboxylic acids is 1. The van der Waals surface area contributed by atoms with Crippen LogP contribution in [0.3, 0.4) is 0 Å². The first-order valence-electron chi connectivity index (χ1n) is 11.0. The van der Waals surface area contributed by atoms with E-state index in [1.165, 1.54) is 12.1 Å². The number of fused-ring (bicyclic) bond motifs is 2. The molecular weight excluding hydrogens is 414 g/mol. The van der Waals surface area contributed by atoms with Crippen molar-refractivity contribution in [3.63, 3.8) is 0 Å². The molecule has 5 nitrogen and oxygen atoms in total. The molecular formula is C28H30NO4+. The Kier molecular flexibility index (Phi) is 7.12. The molecule has 0 atom stereocenters. The quantitative estimate of drug-likeness (QED) is 0.182. The van der Waals surface area contributed by atoms with E-state index in [4.69, 9.17) is 4.74 Å². The lowest BCUT2D eigenvalue weighted by molar-refractivity contribution is -0.617. The van der Waals surface area contributed by atoms with Crippen molar-refractivity contribution in [3.8, 4) is 5.75 Å². The van der Waals surface area contributed by atoms with Crippen LogP contribution in [0.25, 0.3) is 21.8 Å². The first-order chi connectivity index (χ1) is 15.6. The van der Waals surface area contributed by atoms with Crippen LogP contribution in [0.2, 0.25) is 0 Å². The van der Waals surface area contributed by atoms with Crippen molar-refractivity contribution in [2.24, 2.45) is 13.0 Å². The highest BCUT2D eigenvalue weighted by atomic mass is 16.5. The number of aromatic nitrogens is 1. The molecule has 0 aliphatic heterocycles. The Morgan fingerprint density at radius 2 is 1.27 bits per heavy atom. The highest BCUT2D eigenvalue weighted by molar-refractivity contribution is 6.13. The fourth-order valence-corrected chi connectivity index (χ4v) is 3.83. The van der Waals surface area contributed by atoms with E-state index in [9.17, 15) is 14.7 Å². The average molecular weight is 445 g/mol. The first-order valence-corrected chi connectivity index (χ1v) is 11.0. The summed E-state index contributed by atoms with van der Waals surface area (Å²) in [6.07, 6.45) is 0. The predicted molar refractivity (Wildman–Crippen MR) is 131 cm³/mol. The van der Waals surface area contributed by atoms with Gasteiger partial charge in [-0.15, -0.1) is 0 Å². The van der Waals surface area contributed by atoms with E-state index in [-0.39, 0.29) is 5.56 Å². The van der Waals surface area contributed by atoms with E-state index >= 15 is 0 Å². The van der Waals surface area contributed by atoms with Gasteiger partial charge in [0.25, 0.3) is 0 Å². The molecule has 5 heteroatoms. The summed E-state index contributed by atoms with van der Waals surface area (Å²) in [4.78, 5) is 24.6. The van der Waals surface area contributed by atoms with Crippen LogP contribution in [0.15, 0.2) is 60.7 Å². The summed E-state index contributed by atoms with van der Waals surface area (Å²) in [6.45, 7) is 9.98. The molecule has 0 bridgehead atoms. The maximum atomic E-state index is 13.3. The Hall–Kier alpha value is -3.73. The zero-order valence-electron chi connectivity index (χ0n) is 20.0. The Balaban J connectivity index is 0.000000709. The fourth-order valence-electron chi connectivity index (χ4n) is 3.83. The van der Waals surface area contributed by atoms with Crippen molar-refractivity contribution in [2.45, 2.75) is 34.6 Å². The van der Waals surface area contributed by atoms with Gasteiger partial charge >= 0.3 is 11.9 Å². The number of para-hydroxylation sites is 2. The number of carbonyl (C=O) groups excluding carboxylic acids is 1. The van der Waals surface area contributed by atoms with Crippen molar-refractivity contribution in [1.29, 1.82) is 0 Å². The summed E-state index contributed by atoms with van der Waals surface area (Å²) >= 11 is 0. The topological polar surface area (TPSA) is 67.5 Å². The number of hydrogen-bond acceptors (Lipinski definition) is 3. The summed E-state index contributed by atoms with van der Waals surface area (Å²) in [5.41, 5.74) is 3.72. The van der Waals surface area contributed by atoms with E-state index in [1.54, 1.807) is 13.8 Å². The molecule has 0 fully saturated rings. The van der Waals surface area contributed by atoms with Gasteiger partial charge in [-0.05, 0) is 55.2 Å². The number of pyridine rings is 1. The van der Waals surface area contributed by atoms with Gasteiger partial charge in [-0.25, -0.2) is 9.59 Å². The molecule has 0 saturated carbocycles. The lowest BCUT2D eigenvalue weighted by Crippen LogP contribution is -2.31. The number of nitrogens with zero attached hydrogens (tertiary/aromatic N) is 1. The van der Waals surface area contributed by atoms with Crippen LogP contribution < -0.4 is 9.30 Å². The van der Waals surface area contributed by atoms with Gasteiger partial charge in [-0.2, -0.15) is 4.57 Å². The summed E-state index contributed by atoms with van der Waals surface area (Å²) in [7, 11) is 1.97. The summed E-state index contributed by atoms with van der Waals surface area (Å²) in [5.74, 6) is -0.254. The fraction of sp³-hybridized carbons (Fsp3) is 0.250. The Morgan fingerprint density at radius 1 is 0.848 bits per heavy atom. The van der Waals surface area contributed by atoms with E-state index in [2.05, 4.69) is 25.3 Å². The Bertz CT molecular complexity index is 1270. The second kappa shape index (κ2) is 9.82. The number of ether oxygens (including phenoxy) is 1. The zero-order valence-corrected chi connectivity index (χ0v) is 20.0. The lowest BCUT2D eigenvalue weighted by atomic mass is 10.0. The minimum Gasteiger partial charge on any atom is -0.478 e. The molecule has 0 unspecified atom stereocenters. The van der Waals surface area contributed by atoms with Crippen LogP contribution in [0, 0.1) is 19.8 Å². The second-order valence-electron chi connectivity index (χ2n) is 8.83. The molecule has 4 rings (SSSR count). The molecule has 0 spiro atoms. The molecule has 1 aromatic heterocycles. The van der Waals surface area contributed by atoms with Crippen LogP contribution in [0.4, 0.5) is 0 Å². The van der Waals surface area contributed by atoms with Gasteiger partial charge in [0.2, 0.25) is 11.0 Å². The average Bonchev–Trinajstić information content (AvgIpc) is 2.76. The highest BCUT2D eigenvalue weighted by Crippen LogP contribution is 2.29. The van der Waals surface area contributed by atoms with Crippen LogP contribution >= 0.6 is 0 Å². The monoisotopic (exact) mass is 444 g/mol. The molecule has 1 heterocycles. The standard InChI is InChI=1S/C24H19NO4.C4H10/c1-14-12-16(23(26)27)13-15(2)22(14)29-24(28)21-17-8-4-6-10-19(17)25(3)20-11-7-5-9-18(20)21;1-4(2)3/h4-13H,1-3H3;4H,1-3H3/p+1. The number of hydrogen-bond donors (Lipinski definition) is 1. The molecule has 4 aromatic rings. The number of esters is 1. The minimum atomic E-state index is -1.01. The summed E-state index contributed by atoms with van der Waals surface area (Å²) in [6, 6.07) is 18.4. The second-order valence-corrected chi connectivity index (χ2v) is 8.83. The SMILES string of the molecule is CC(C)C.Cc1cc(C(=O)O)cc(C)c1OC(=O)c1c2ccccc2[n+](C)c2ccccc12. The number of aryl methyl sites for hydroxylation is 3. The van der Waals surface area contributed by atoms with Gasteiger partial charge in [0, 0.05) is 12.1 Å².